The van der Waals surface area contributed by atoms with Gasteiger partial charge in [-0.2, -0.15) is 0 Å². The van der Waals surface area contributed by atoms with Crippen LogP contribution in [-0.2, 0) is 9.59 Å². The van der Waals surface area contributed by atoms with Gasteiger partial charge in [-0.15, -0.1) is 0 Å². The molecule has 22 heavy (non-hydrogen) atoms. The predicted molar refractivity (Wildman–Crippen MR) is 88.1 cm³/mol. The molecule has 1 aromatic carbocycles. The molecule has 1 heterocycles. The topological polar surface area (TPSA) is 61.4 Å². The molecule has 1 saturated heterocycles. The van der Waals surface area contributed by atoms with Gasteiger partial charge >= 0.3 is 0 Å². The lowest BCUT2D eigenvalue weighted by atomic mass is 10.1. The molecule has 1 aliphatic heterocycles. The van der Waals surface area contributed by atoms with Crippen LogP contribution in [0.25, 0.3) is 0 Å². The average molecular weight is 324 g/mol. The van der Waals surface area contributed by atoms with Crippen molar-refractivity contribution in [2.45, 2.75) is 19.8 Å². The number of hydrogen-bond acceptors (Lipinski definition) is 3. The van der Waals surface area contributed by atoms with Crippen LogP contribution in [-0.4, -0.2) is 38.0 Å². The summed E-state index contributed by atoms with van der Waals surface area (Å²) in [5, 5.41) is 6.19. The standard InChI is InChI=1S/C16H22ClN3O2/c1-2-15(21)19-10-16(22)18-9-12-7-8-20(11-12)14-5-3-13(17)4-6-14/h3-6,12H,2,7-11H2,1H3,(H,18,22)(H,19,21). The van der Waals surface area contributed by atoms with Crippen molar-refractivity contribution >= 4 is 29.1 Å². The Morgan fingerprint density at radius 3 is 2.64 bits per heavy atom. The number of rotatable bonds is 6. The van der Waals surface area contributed by atoms with Crippen LogP contribution in [0.5, 0.6) is 0 Å². The Labute approximate surface area is 136 Å². The lowest BCUT2D eigenvalue weighted by Gasteiger charge is -2.19. The molecule has 0 bridgehead atoms. The summed E-state index contributed by atoms with van der Waals surface area (Å²) in [5.74, 6) is 0.193. The molecule has 1 fully saturated rings. The molecule has 120 valence electrons. The number of anilines is 1. The van der Waals surface area contributed by atoms with Crippen LogP contribution in [0.2, 0.25) is 5.02 Å². The summed E-state index contributed by atoms with van der Waals surface area (Å²) in [7, 11) is 0. The lowest BCUT2D eigenvalue weighted by Crippen LogP contribution is -2.39. The zero-order valence-electron chi connectivity index (χ0n) is 12.8. The van der Waals surface area contributed by atoms with E-state index in [2.05, 4.69) is 15.5 Å². The molecule has 0 spiro atoms. The third kappa shape index (κ3) is 4.91. The van der Waals surface area contributed by atoms with Crippen molar-refractivity contribution in [2.75, 3.05) is 31.1 Å². The first-order valence-electron chi connectivity index (χ1n) is 7.62. The van der Waals surface area contributed by atoms with Crippen LogP contribution in [0.1, 0.15) is 19.8 Å². The summed E-state index contributed by atoms with van der Waals surface area (Å²) >= 11 is 5.90. The van der Waals surface area contributed by atoms with E-state index in [1.165, 1.54) is 0 Å². The van der Waals surface area contributed by atoms with E-state index in [0.29, 0.717) is 18.9 Å². The predicted octanol–water partition coefficient (Wildman–Crippen LogP) is 1.81. The normalized spacial score (nSPS) is 17.4. The molecule has 2 N–H and O–H groups in total. The van der Waals surface area contributed by atoms with Gasteiger partial charge in [0.1, 0.15) is 0 Å². The van der Waals surface area contributed by atoms with E-state index in [1.807, 2.05) is 24.3 Å². The Morgan fingerprint density at radius 2 is 1.95 bits per heavy atom. The molecule has 5 nitrogen and oxygen atoms in total. The van der Waals surface area contributed by atoms with Gasteiger partial charge in [0, 0.05) is 36.8 Å². The van der Waals surface area contributed by atoms with Crippen LogP contribution in [0.4, 0.5) is 5.69 Å². The number of nitrogens with zero attached hydrogens (tertiary/aromatic N) is 1. The minimum Gasteiger partial charge on any atom is -0.371 e. The van der Waals surface area contributed by atoms with Crippen LogP contribution < -0.4 is 15.5 Å². The fourth-order valence-electron chi connectivity index (χ4n) is 2.51. The SMILES string of the molecule is CCC(=O)NCC(=O)NCC1CCN(c2ccc(Cl)cc2)C1. The van der Waals surface area contributed by atoms with E-state index in [0.717, 1.165) is 30.2 Å². The maximum atomic E-state index is 11.7. The van der Waals surface area contributed by atoms with Crippen LogP contribution >= 0.6 is 11.6 Å². The van der Waals surface area contributed by atoms with Crippen molar-refractivity contribution in [2.24, 2.45) is 5.92 Å². The molecule has 0 radical (unpaired) electrons. The smallest absolute Gasteiger partial charge is 0.239 e. The maximum absolute atomic E-state index is 11.7. The van der Waals surface area contributed by atoms with Crippen LogP contribution in [0, 0.1) is 5.92 Å². The van der Waals surface area contributed by atoms with E-state index in [1.54, 1.807) is 6.92 Å². The first kappa shape index (κ1) is 16.6. The second-order valence-electron chi connectivity index (χ2n) is 5.51. The third-order valence-electron chi connectivity index (χ3n) is 3.83. The number of hydrogen-bond donors (Lipinski definition) is 2. The summed E-state index contributed by atoms with van der Waals surface area (Å²) in [5.41, 5.74) is 1.16. The highest BCUT2D eigenvalue weighted by molar-refractivity contribution is 6.30. The van der Waals surface area contributed by atoms with E-state index in [4.69, 9.17) is 11.6 Å². The van der Waals surface area contributed by atoms with Crippen molar-refractivity contribution < 1.29 is 9.59 Å². The molecule has 6 heteroatoms. The fourth-order valence-corrected chi connectivity index (χ4v) is 2.64. The largest absolute Gasteiger partial charge is 0.371 e. The Balaban J connectivity index is 1.71. The summed E-state index contributed by atoms with van der Waals surface area (Å²) in [4.78, 5) is 25.0. The molecule has 1 atom stereocenters. The Bertz CT molecular complexity index is 519. The summed E-state index contributed by atoms with van der Waals surface area (Å²) in [6.07, 6.45) is 1.44. The molecule has 0 aromatic heterocycles. The van der Waals surface area contributed by atoms with Crippen molar-refractivity contribution in [3.8, 4) is 0 Å². The van der Waals surface area contributed by atoms with Gasteiger partial charge in [-0.1, -0.05) is 18.5 Å². The first-order chi connectivity index (χ1) is 10.6. The molecule has 2 rings (SSSR count). The van der Waals surface area contributed by atoms with E-state index < -0.39 is 0 Å². The molecule has 1 aromatic rings. The number of halogens is 1. The second kappa shape index (κ2) is 8.03. The second-order valence-corrected chi connectivity index (χ2v) is 5.95. The third-order valence-corrected chi connectivity index (χ3v) is 4.08. The van der Waals surface area contributed by atoms with E-state index in [9.17, 15) is 9.59 Å². The molecular weight excluding hydrogens is 302 g/mol. The van der Waals surface area contributed by atoms with Gasteiger partial charge in [-0.3, -0.25) is 9.59 Å². The summed E-state index contributed by atoms with van der Waals surface area (Å²) in [6.45, 7) is 4.36. The summed E-state index contributed by atoms with van der Waals surface area (Å²) < 4.78 is 0. The Hall–Kier alpha value is -1.75. The molecule has 0 saturated carbocycles. The molecule has 1 aliphatic rings. The van der Waals surface area contributed by atoms with Crippen molar-refractivity contribution in [1.29, 1.82) is 0 Å². The van der Waals surface area contributed by atoms with Gasteiger partial charge in [0.25, 0.3) is 0 Å². The van der Waals surface area contributed by atoms with Gasteiger partial charge in [0.05, 0.1) is 6.54 Å². The van der Waals surface area contributed by atoms with Gasteiger partial charge < -0.3 is 15.5 Å². The number of carbonyl (C=O) groups is 2. The van der Waals surface area contributed by atoms with Crippen LogP contribution in [0.15, 0.2) is 24.3 Å². The quantitative estimate of drug-likeness (QED) is 0.839. The maximum Gasteiger partial charge on any atom is 0.239 e. The van der Waals surface area contributed by atoms with Crippen molar-refractivity contribution in [3.63, 3.8) is 0 Å². The minimum absolute atomic E-state index is 0.0558. The van der Waals surface area contributed by atoms with E-state index >= 15 is 0 Å². The highest BCUT2D eigenvalue weighted by Crippen LogP contribution is 2.24. The first-order valence-corrected chi connectivity index (χ1v) is 8.00. The number of nitrogens with one attached hydrogen (secondary N) is 2. The monoisotopic (exact) mass is 323 g/mol. The molecule has 0 aliphatic carbocycles. The van der Waals surface area contributed by atoms with Gasteiger partial charge in [-0.05, 0) is 36.6 Å². The van der Waals surface area contributed by atoms with Crippen molar-refractivity contribution in [3.05, 3.63) is 29.3 Å². The Kier molecular flexibility index (Phi) is 6.07. The van der Waals surface area contributed by atoms with Gasteiger partial charge in [0.2, 0.25) is 11.8 Å². The molecule has 1 unspecified atom stereocenters. The highest BCUT2D eigenvalue weighted by Gasteiger charge is 2.23. The number of amides is 2. The van der Waals surface area contributed by atoms with Gasteiger partial charge in [-0.25, -0.2) is 0 Å². The average Bonchev–Trinajstić information content (AvgIpc) is 3.00. The zero-order valence-corrected chi connectivity index (χ0v) is 13.5. The Morgan fingerprint density at radius 1 is 1.23 bits per heavy atom. The van der Waals surface area contributed by atoms with E-state index in [-0.39, 0.29) is 18.4 Å². The number of benzene rings is 1. The van der Waals surface area contributed by atoms with Crippen LogP contribution in [0.3, 0.4) is 0 Å². The minimum atomic E-state index is -0.133. The molecular formula is C16H22ClN3O2. The zero-order chi connectivity index (χ0) is 15.9. The number of carbonyl (C=O) groups excluding carboxylic acids is 2. The van der Waals surface area contributed by atoms with Gasteiger partial charge in [0.15, 0.2) is 0 Å². The molecule has 2 amide bonds. The fraction of sp³-hybridized carbons (Fsp3) is 0.500. The lowest BCUT2D eigenvalue weighted by molar-refractivity contribution is -0.126. The van der Waals surface area contributed by atoms with Crippen molar-refractivity contribution in [1.82, 2.24) is 10.6 Å². The summed E-state index contributed by atoms with van der Waals surface area (Å²) in [6, 6.07) is 7.82. The highest BCUT2D eigenvalue weighted by atomic mass is 35.5.